The number of nitrogens with one attached hydrogen (secondary N) is 2. The molecule has 3 aromatic rings. The number of amides is 1. The third-order valence-electron chi connectivity index (χ3n) is 4.41. The van der Waals surface area contributed by atoms with Gasteiger partial charge in [0.25, 0.3) is 11.6 Å². The predicted octanol–water partition coefficient (Wildman–Crippen LogP) is 2.78. The number of nitrogens with zero attached hydrogens (tertiary/aromatic N) is 2. The first kappa shape index (κ1) is 20.6. The van der Waals surface area contributed by atoms with E-state index in [1.807, 2.05) is 42.5 Å². The Bertz CT molecular complexity index is 1130. The molecule has 0 heterocycles. The summed E-state index contributed by atoms with van der Waals surface area (Å²) in [6.45, 7) is 1.66. The van der Waals surface area contributed by atoms with Crippen LogP contribution >= 0.6 is 0 Å². The number of carbonyl (C=O) groups excluding carboxylic acids is 1. The Balaban J connectivity index is 1.67. The van der Waals surface area contributed by atoms with Gasteiger partial charge >= 0.3 is 0 Å². The van der Waals surface area contributed by atoms with Gasteiger partial charge in [0.05, 0.1) is 24.3 Å². The van der Waals surface area contributed by atoms with Crippen LogP contribution in [-0.4, -0.2) is 30.2 Å². The molecular weight excluding hydrogens is 388 g/mol. The lowest BCUT2D eigenvalue weighted by atomic mass is 10.1. The van der Waals surface area contributed by atoms with E-state index in [-0.39, 0.29) is 11.3 Å². The van der Waals surface area contributed by atoms with E-state index in [0.717, 1.165) is 28.7 Å². The molecule has 1 amide bonds. The summed E-state index contributed by atoms with van der Waals surface area (Å²) in [6, 6.07) is 15.3. The number of methoxy groups -OCH3 is 1. The van der Waals surface area contributed by atoms with Crippen LogP contribution in [0.3, 0.4) is 0 Å². The van der Waals surface area contributed by atoms with Crippen molar-refractivity contribution in [3.8, 4) is 11.5 Å². The molecule has 0 aromatic heterocycles. The van der Waals surface area contributed by atoms with Gasteiger partial charge in [-0.3, -0.25) is 14.9 Å². The van der Waals surface area contributed by atoms with Gasteiger partial charge in [0.15, 0.2) is 0 Å². The molecule has 0 aliphatic carbocycles. The van der Waals surface area contributed by atoms with Crippen molar-refractivity contribution in [3.05, 3.63) is 70.3 Å². The molecule has 2 N–H and O–H groups in total. The molecule has 0 bridgehead atoms. The minimum atomic E-state index is -0.818. The second-order valence-electron chi connectivity index (χ2n) is 6.48. The predicted molar refractivity (Wildman–Crippen MR) is 112 cm³/mol. The quantitative estimate of drug-likeness (QED) is 0.352. The highest BCUT2D eigenvalue weighted by molar-refractivity contribution is 5.90. The van der Waals surface area contributed by atoms with Crippen LogP contribution in [0.15, 0.2) is 59.7 Å². The van der Waals surface area contributed by atoms with Crippen LogP contribution < -0.4 is 20.6 Å². The van der Waals surface area contributed by atoms with E-state index >= 15 is 0 Å². The zero-order chi connectivity index (χ0) is 21.7. The molecule has 9 nitrogen and oxygen atoms in total. The summed E-state index contributed by atoms with van der Waals surface area (Å²) in [4.78, 5) is 22.5. The van der Waals surface area contributed by atoms with Gasteiger partial charge < -0.3 is 15.2 Å². The number of ether oxygens (including phenoxy) is 1. The molecule has 0 radical (unpaired) electrons. The number of hydrogen-bond acceptors (Lipinski definition) is 7. The van der Waals surface area contributed by atoms with Gasteiger partial charge in [-0.25, -0.2) is 5.43 Å². The maximum absolute atomic E-state index is 12.3. The van der Waals surface area contributed by atoms with Crippen LogP contribution in [0.4, 0.5) is 11.4 Å². The molecule has 3 aromatic carbocycles. The Morgan fingerprint density at radius 1 is 1.17 bits per heavy atom. The molecular formula is C21H19N4O5-. The van der Waals surface area contributed by atoms with E-state index in [4.69, 9.17) is 4.74 Å². The molecule has 0 spiro atoms. The van der Waals surface area contributed by atoms with Crippen LogP contribution in [0.2, 0.25) is 0 Å². The Hall–Kier alpha value is -4.14. The van der Waals surface area contributed by atoms with Gasteiger partial charge in [0.1, 0.15) is 11.8 Å². The largest absolute Gasteiger partial charge is 0.867 e. The highest BCUT2D eigenvalue weighted by Crippen LogP contribution is 2.31. The number of carbonyl (C=O) groups is 1. The van der Waals surface area contributed by atoms with Gasteiger partial charge in [0.2, 0.25) is 0 Å². The van der Waals surface area contributed by atoms with Crippen molar-refractivity contribution in [2.75, 3.05) is 12.4 Å². The summed E-state index contributed by atoms with van der Waals surface area (Å²) >= 11 is 0. The topological polar surface area (TPSA) is 129 Å². The highest BCUT2D eigenvalue weighted by Gasteiger charge is 2.14. The monoisotopic (exact) mass is 407 g/mol. The summed E-state index contributed by atoms with van der Waals surface area (Å²) in [5, 5.41) is 32.1. The van der Waals surface area contributed by atoms with Gasteiger partial charge in [-0.2, -0.15) is 5.10 Å². The number of nitro groups is 1. The van der Waals surface area contributed by atoms with E-state index in [2.05, 4.69) is 15.8 Å². The maximum atomic E-state index is 12.3. The Morgan fingerprint density at radius 2 is 1.90 bits per heavy atom. The number of hydrazone groups is 1. The smallest absolute Gasteiger partial charge is 0.266 e. The molecule has 0 saturated carbocycles. The number of anilines is 1. The third kappa shape index (κ3) is 4.64. The zero-order valence-corrected chi connectivity index (χ0v) is 16.3. The van der Waals surface area contributed by atoms with Crippen molar-refractivity contribution in [2.24, 2.45) is 5.10 Å². The number of rotatable bonds is 7. The average molecular weight is 407 g/mol. The van der Waals surface area contributed by atoms with Crippen molar-refractivity contribution in [1.29, 1.82) is 0 Å². The van der Waals surface area contributed by atoms with Gasteiger partial charge in [-0.05, 0) is 47.2 Å². The lowest BCUT2D eigenvalue weighted by molar-refractivity contribution is -0.398. The summed E-state index contributed by atoms with van der Waals surface area (Å²) in [5.41, 5.74) is 2.39. The molecule has 9 heteroatoms. The van der Waals surface area contributed by atoms with Crippen molar-refractivity contribution in [2.45, 2.75) is 13.0 Å². The number of hydrogen-bond donors (Lipinski definition) is 2. The van der Waals surface area contributed by atoms with Crippen molar-refractivity contribution in [3.63, 3.8) is 0 Å². The summed E-state index contributed by atoms with van der Waals surface area (Å²) in [7, 11) is 1.33. The van der Waals surface area contributed by atoms with Crippen LogP contribution in [0.5, 0.6) is 11.5 Å². The Morgan fingerprint density at radius 3 is 2.60 bits per heavy atom. The SMILES string of the molecule is COc1cc(/C=N\NC(=O)[C@H](C)Nc2ccc3ccccc3c2)c([O-])c([N+](=O)[O-])c1. The summed E-state index contributed by atoms with van der Waals surface area (Å²) in [5.74, 6) is -1.12. The Labute approximate surface area is 172 Å². The van der Waals surface area contributed by atoms with E-state index in [1.165, 1.54) is 13.2 Å². The normalized spacial score (nSPS) is 11.9. The standard InChI is InChI=1S/C21H20N4O5/c1-13(23-17-8-7-14-5-3-4-6-15(14)9-17)21(27)24-22-12-16-10-18(30-2)11-19(20(16)26)25(28)29/h3-13,23,26H,1-2H3,(H,24,27)/p-1/b22-12-/t13-/m0/s1. The van der Waals surface area contributed by atoms with Gasteiger partial charge in [0, 0.05) is 5.69 Å². The fourth-order valence-corrected chi connectivity index (χ4v) is 2.81. The van der Waals surface area contributed by atoms with Crippen molar-refractivity contribution < 1.29 is 19.6 Å². The fourth-order valence-electron chi connectivity index (χ4n) is 2.81. The number of benzene rings is 3. The van der Waals surface area contributed by atoms with Crippen molar-refractivity contribution >= 4 is 34.3 Å². The van der Waals surface area contributed by atoms with E-state index < -0.39 is 28.3 Å². The lowest BCUT2D eigenvalue weighted by Crippen LogP contribution is -2.34. The molecule has 30 heavy (non-hydrogen) atoms. The minimum Gasteiger partial charge on any atom is -0.867 e. The van der Waals surface area contributed by atoms with Crippen LogP contribution in [0, 0.1) is 10.1 Å². The summed E-state index contributed by atoms with van der Waals surface area (Å²) < 4.78 is 4.96. The fraction of sp³-hybridized carbons (Fsp3) is 0.143. The Kier molecular flexibility index (Phi) is 6.11. The molecule has 0 aliphatic heterocycles. The summed E-state index contributed by atoms with van der Waals surface area (Å²) in [6.07, 6.45) is 1.05. The van der Waals surface area contributed by atoms with Gasteiger partial charge in [-0.15, -0.1) is 0 Å². The van der Waals surface area contributed by atoms with E-state index in [9.17, 15) is 20.0 Å². The zero-order valence-electron chi connectivity index (χ0n) is 16.3. The molecule has 3 rings (SSSR count). The molecule has 0 saturated heterocycles. The minimum absolute atomic E-state index is 0.0727. The highest BCUT2D eigenvalue weighted by atomic mass is 16.6. The van der Waals surface area contributed by atoms with Crippen LogP contribution in [0.1, 0.15) is 12.5 Å². The molecule has 0 fully saturated rings. The van der Waals surface area contributed by atoms with Gasteiger partial charge in [-0.1, -0.05) is 30.3 Å². The van der Waals surface area contributed by atoms with Crippen LogP contribution in [-0.2, 0) is 4.79 Å². The molecule has 154 valence electrons. The van der Waals surface area contributed by atoms with E-state index in [1.54, 1.807) is 6.92 Å². The lowest BCUT2D eigenvalue weighted by Gasteiger charge is -2.14. The number of fused-ring (bicyclic) bond motifs is 1. The second-order valence-corrected chi connectivity index (χ2v) is 6.48. The second kappa shape index (κ2) is 8.91. The first-order chi connectivity index (χ1) is 14.4. The first-order valence-electron chi connectivity index (χ1n) is 9.00. The molecule has 1 atom stereocenters. The maximum Gasteiger partial charge on any atom is 0.266 e. The number of nitro benzene ring substituents is 1. The van der Waals surface area contributed by atoms with Crippen molar-refractivity contribution in [1.82, 2.24) is 5.43 Å². The third-order valence-corrected chi connectivity index (χ3v) is 4.41. The molecule has 0 unspecified atom stereocenters. The first-order valence-corrected chi connectivity index (χ1v) is 9.00. The molecule has 0 aliphatic rings. The average Bonchev–Trinajstić information content (AvgIpc) is 2.74. The van der Waals surface area contributed by atoms with E-state index in [0.29, 0.717) is 0 Å². The van der Waals surface area contributed by atoms with Crippen LogP contribution in [0.25, 0.3) is 10.8 Å².